The molecular formula is C11H20N2O5S. The van der Waals surface area contributed by atoms with Crippen molar-refractivity contribution >= 4 is 16.2 Å². The molecule has 2 aliphatic heterocycles. The van der Waals surface area contributed by atoms with Crippen LogP contribution in [-0.4, -0.2) is 66.5 Å². The van der Waals surface area contributed by atoms with Crippen LogP contribution in [0.15, 0.2) is 0 Å². The van der Waals surface area contributed by atoms with E-state index in [2.05, 4.69) is 0 Å². The summed E-state index contributed by atoms with van der Waals surface area (Å²) in [6, 6.07) is -0.720. The zero-order valence-electron chi connectivity index (χ0n) is 11.0. The fourth-order valence-electron chi connectivity index (χ4n) is 2.56. The summed E-state index contributed by atoms with van der Waals surface area (Å²) in [4.78, 5) is 11.8. The van der Waals surface area contributed by atoms with Crippen molar-refractivity contribution in [2.75, 3.05) is 26.2 Å². The first-order chi connectivity index (χ1) is 8.96. The van der Waals surface area contributed by atoms with Crippen molar-refractivity contribution in [2.24, 2.45) is 0 Å². The quantitative estimate of drug-likeness (QED) is 0.694. The predicted molar refractivity (Wildman–Crippen MR) is 67.5 cm³/mol. The zero-order chi connectivity index (χ0) is 14.0. The molecule has 2 unspecified atom stereocenters. The molecule has 1 N–H and O–H groups in total. The van der Waals surface area contributed by atoms with Gasteiger partial charge in [0, 0.05) is 19.6 Å². The van der Waals surface area contributed by atoms with Crippen LogP contribution in [0.4, 0.5) is 0 Å². The van der Waals surface area contributed by atoms with Gasteiger partial charge in [-0.15, -0.1) is 0 Å². The Balaban J connectivity index is 2.12. The number of nitrogens with zero attached hydrogens (tertiary/aromatic N) is 2. The van der Waals surface area contributed by atoms with Gasteiger partial charge in [0.05, 0.1) is 12.7 Å². The summed E-state index contributed by atoms with van der Waals surface area (Å²) < 4.78 is 32.2. The minimum atomic E-state index is -3.68. The van der Waals surface area contributed by atoms with Gasteiger partial charge >= 0.3 is 5.97 Å². The fraction of sp³-hybridized carbons (Fsp3) is 0.909. The molecule has 0 radical (unpaired) electrons. The lowest BCUT2D eigenvalue weighted by molar-refractivity contribution is -0.146. The number of aliphatic hydroxyl groups is 1. The van der Waals surface area contributed by atoms with Crippen molar-refractivity contribution in [3.8, 4) is 0 Å². The van der Waals surface area contributed by atoms with E-state index in [4.69, 9.17) is 4.74 Å². The van der Waals surface area contributed by atoms with Crippen LogP contribution in [0, 0.1) is 0 Å². The van der Waals surface area contributed by atoms with E-state index in [9.17, 15) is 18.3 Å². The Morgan fingerprint density at radius 1 is 1.37 bits per heavy atom. The van der Waals surface area contributed by atoms with Crippen LogP contribution in [0.3, 0.4) is 0 Å². The molecule has 2 rings (SSSR count). The molecule has 2 atom stereocenters. The van der Waals surface area contributed by atoms with Gasteiger partial charge < -0.3 is 9.84 Å². The van der Waals surface area contributed by atoms with Gasteiger partial charge in [0.15, 0.2) is 0 Å². The highest BCUT2D eigenvalue weighted by molar-refractivity contribution is 7.86. The number of hydrogen-bond donors (Lipinski definition) is 1. The molecule has 2 saturated heterocycles. The second-order valence-electron chi connectivity index (χ2n) is 4.83. The van der Waals surface area contributed by atoms with E-state index in [1.165, 1.54) is 8.61 Å². The van der Waals surface area contributed by atoms with Crippen molar-refractivity contribution in [1.29, 1.82) is 0 Å². The third-order valence-corrected chi connectivity index (χ3v) is 5.53. The van der Waals surface area contributed by atoms with Crippen LogP contribution >= 0.6 is 0 Å². The van der Waals surface area contributed by atoms with Gasteiger partial charge in [-0.3, -0.25) is 4.79 Å². The fourth-order valence-corrected chi connectivity index (χ4v) is 4.42. The molecule has 0 aliphatic carbocycles. The minimum absolute atomic E-state index is 0.106. The molecule has 0 aromatic heterocycles. The molecule has 0 amide bonds. The molecule has 2 fully saturated rings. The first-order valence-electron chi connectivity index (χ1n) is 6.58. The molecule has 0 spiro atoms. The van der Waals surface area contributed by atoms with E-state index >= 15 is 0 Å². The monoisotopic (exact) mass is 292 g/mol. The number of rotatable bonds is 4. The van der Waals surface area contributed by atoms with E-state index in [0.29, 0.717) is 32.4 Å². The van der Waals surface area contributed by atoms with Crippen molar-refractivity contribution in [1.82, 2.24) is 8.61 Å². The summed E-state index contributed by atoms with van der Waals surface area (Å²) in [5, 5.41) is 9.45. The molecule has 0 saturated carbocycles. The predicted octanol–water partition coefficient (Wildman–Crippen LogP) is -0.675. The van der Waals surface area contributed by atoms with Crippen LogP contribution in [0.2, 0.25) is 0 Å². The van der Waals surface area contributed by atoms with E-state index in [1.54, 1.807) is 6.92 Å². The lowest BCUT2D eigenvalue weighted by atomic mass is 10.2. The zero-order valence-corrected chi connectivity index (χ0v) is 11.8. The van der Waals surface area contributed by atoms with Gasteiger partial charge in [-0.05, 0) is 26.2 Å². The number of esters is 1. The van der Waals surface area contributed by atoms with E-state index < -0.39 is 28.3 Å². The average Bonchev–Trinajstić information content (AvgIpc) is 2.97. The van der Waals surface area contributed by atoms with Crippen molar-refractivity contribution in [3.63, 3.8) is 0 Å². The molecule has 2 aliphatic rings. The highest BCUT2D eigenvalue weighted by atomic mass is 32.2. The van der Waals surface area contributed by atoms with Gasteiger partial charge in [0.25, 0.3) is 10.2 Å². The molecule has 0 aromatic rings. The molecule has 19 heavy (non-hydrogen) atoms. The second-order valence-corrected chi connectivity index (χ2v) is 6.71. The largest absolute Gasteiger partial charge is 0.465 e. The number of aliphatic hydroxyl groups excluding tert-OH is 1. The van der Waals surface area contributed by atoms with Gasteiger partial charge in [-0.25, -0.2) is 0 Å². The van der Waals surface area contributed by atoms with Gasteiger partial charge in [-0.2, -0.15) is 17.0 Å². The van der Waals surface area contributed by atoms with Crippen molar-refractivity contribution in [2.45, 2.75) is 38.3 Å². The number of carbonyl (C=O) groups excluding carboxylic acids is 1. The average molecular weight is 292 g/mol. The Morgan fingerprint density at radius 2 is 2.11 bits per heavy atom. The van der Waals surface area contributed by atoms with Gasteiger partial charge in [0.2, 0.25) is 0 Å². The minimum Gasteiger partial charge on any atom is -0.465 e. The maximum absolute atomic E-state index is 12.4. The number of ether oxygens (including phenoxy) is 1. The smallest absolute Gasteiger partial charge is 0.324 e. The number of β-amino-alcohol motifs (C(OH)–C–C–N with tert-alkyl or cyclic N) is 1. The summed E-state index contributed by atoms with van der Waals surface area (Å²) >= 11 is 0. The Labute approximate surface area is 113 Å². The summed E-state index contributed by atoms with van der Waals surface area (Å²) in [5.41, 5.74) is 0. The Bertz CT molecular complexity index is 438. The lowest BCUT2D eigenvalue weighted by Gasteiger charge is -2.27. The molecule has 8 heteroatoms. The van der Waals surface area contributed by atoms with Gasteiger partial charge in [0.1, 0.15) is 6.04 Å². The standard InChI is InChI=1S/C11H20N2O5S/c1-2-18-11(15)10-4-3-6-13(10)19(16,17)12-7-5-9(14)8-12/h9-10,14H,2-8H2,1H3. The molecule has 110 valence electrons. The van der Waals surface area contributed by atoms with Crippen LogP contribution in [0.5, 0.6) is 0 Å². The molecule has 2 heterocycles. The summed E-state index contributed by atoms with van der Waals surface area (Å²) in [6.45, 7) is 2.68. The van der Waals surface area contributed by atoms with E-state index in [-0.39, 0.29) is 13.2 Å². The maximum atomic E-state index is 12.4. The summed E-state index contributed by atoms with van der Waals surface area (Å²) in [6.07, 6.45) is 0.975. The topological polar surface area (TPSA) is 87.2 Å². The first kappa shape index (κ1) is 14.7. The Morgan fingerprint density at radius 3 is 2.68 bits per heavy atom. The van der Waals surface area contributed by atoms with Crippen LogP contribution in [0.25, 0.3) is 0 Å². The highest BCUT2D eigenvalue weighted by Crippen LogP contribution is 2.26. The summed E-state index contributed by atoms with van der Waals surface area (Å²) in [5.74, 6) is -0.483. The SMILES string of the molecule is CCOC(=O)C1CCCN1S(=O)(=O)N1CCC(O)C1. The second kappa shape index (κ2) is 5.74. The Kier molecular flexibility index (Phi) is 4.44. The number of carbonyl (C=O) groups is 1. The van der Waals surface area contributed by atoms with Gasteiger partial charge in [-0.1, -0.05) is 0 Å². The normalized spacial score (nSPS) is 29.8. The molecule has 0 bridgehead atoms. The highest BCUT2D eigenvalue weighted by Gasteiger charge is 2.44. The van der Waals surface area contributed by atoms with Crippen LogP contribution in [-0.2, 0) is 19.7 Å². The third-order valence-electron chi connectivity index (χ3n) is 3.51. The lowest BCUT2D eigenvalue weighted by Crippen LogP contribution is -2.48. The van der Waals surface area contributed by atoms with E-state index in [1.807, 2.05) is 0 Å². The first-order valence-corrected chi connectivity index (χ1v) is 7.98. The Hall–Kier alpha value is -0.700. The molecule has 0 aromatic carbocycles. The maximum Gasteiger partial charge on any atom is 0.324 e. The van der Waals surface area contributed by atoms with Crippen LogP contribution < -0.4 is 0 Å². The van der Waals surface area contributed by atoms with Crippen molar-refractivity contribution in [3.05, 3.63) is 0 Å². The van der Waals surface area contributed by atoms with Crippen molar-refractivity contribution < 1.29 is 23.1 Å². The summed E-state index contributed by atoms with van der Waals surface area (Å²) in [7, 11) is -3.68. The molecular weight excluding hydrogens is 272 g/mol. The van der Waals surface area contributed by atoms with Crippen LogP contribution in [0.1, 0.15) is 26.2 Å². The number of hydrogen-bond acceptors (Lipinski definition) is 5. The molecule has 7 nitrogen and oxygen atoms in total. The van der Waals surface area contributed by atoms with E-state index in [0.717, 1.165) is 0 Å². The third kappa shape index (κ3) is 2.91.